The van der Waals surface area contributed by atoms with Crippen molar-refractivity contribution >= 4 is 29.9 Å². The Kier molecular flexibility index (Phi) is 5.02. The quantitative estimate of drug-likeness (QED) is 0.776. The third-order valence-electron chi connectivity index (χ3n) is 2.56. The van der Waals surface area contributed by atoms with Gasteiger partial charge >= 0.3 is 0 Å². The van der Waals surface area contributed by atoms with E-state index in [9.17, 15) is 4.79 Å². The Morgan fingerprint density at radius 3 is 3.12 bits per heavy atom. The van der Waals surface area contributed by atoms with Crippen molar-refractivity contribution in [1.29, 1.82) is 0 Å². The molecule has 94 valence electrons. The molecule has 1 atom stereocenters. The molecule has 0 radical (unpaired) electrons. The predicted octanol–water partition coefficient (Wildman–Crippen LogP) is 1.97. The van der Waals surface area contributed by atoms with Crippen molar-refractivity contribution in [3.05, 3.63) is 24.0 Å². The highest BCUT2D eigenvalue weighted by atomic mass is 35.5. The Morgan fingerprint density at radius 2 is 2.41 bits per heavy atom. The van der Waals surface area contributed by atoms with Crippen LogP contribution in [0.4, 0.5) is 0 Å². The lowest BCUT2D eigenvalue weighted by molar-refractivity contribution is 0.0759. The average molecular weight is 277 g/mol. The molecule has 1 aliphatic heterocycles. The van der Waals surface area contributed by atoms with Crippen LogP contribution in [-0.4, -0.2) is 41.4 Å². The number of hydrogen-bond donors (Lipinski definition) is 0. The zero-order valence-corrected chi connectivity index (χ0v) is 11.0. The lowest BCUT2D eigenvalue weighted by atomic mass is 10.2. The number of rotatable bonds is 2. The van der Waals surface area contributed by atoms with Gasteiger partial charge in [0.2, 0.25) is 0 Å². The topological polar surface area (TPSA) is 42.4 Å². The van der Waals surface area contributed by atoms with Crippen molar-refractivity contribution in [3.63, 3.8) is 0 Å². The van der Waals surface area contributed by atoms with Crippen LogP contribution in [0.5, 0.6) is 5.75 Å². The second kappa shape index (κ2) is 6.07. The number of halogens is 2. The van der Waals surface area contributed by atoms with Gasteiger partial charge in [0.25, 0.3) is 5.91 Å². The maximum Gasteiger partial charge on any atom is 0.259 e. The highest BCUT2D eigenvalue weighted by molar-refractivity contribution is 6.17. The van der Waals surface area contributed by atoms with E-state index in [0.29, 0.717) is 23.7 Å². The summed E-state index contributed by atoms with van der Waals surface area (Å²) in [5, 5.41) is 0. The van der Waals surface area contributed by atoms with Crippen molar-refractivity contribution < 1.29 is 9.53 Å². The summed E-state index contributed by atoms with van der Waals surface area (Å²) in [6.45, 7) is 0.556. The second-order valence-electron chi connectivity index (χ2n) is 3.78. The summed E-state index contributed by atoms with van der Waals surface area (Å²) in [5.74, 6) is 1.06. The minimum Gasteiger partial charge on any atom is -0.488 e. The minimum atomic E-state index is -0.0554. The Bertz CT molecular complexity index is 401. The average Bonchev–Trinajstić information content (AvgIpc) is 2.39. The van der Waals surface area contributed by atoms with Crippen molar-refractivity contribution in [2.24, 2.45) is 0 Å². The summed E-state index contributed by atoms with van der Waals surface area (Å²) in [7, 11) is 1.76. The van der Waals surface area contributed by atoms with Crippen LogP contribution < -0.4 is 4.74 Å². The molecular weight excluding hydrogens is 263 g/mol. The van der Waals surface area contributed by atoms with E-state index in [0.717, 1.165) is 6.42 Å². The number of amides is 1. The Hall–Kier alpha value is -1.000. The molecule has 1 unspecified atom stereocenters. The Labute approximate surface area is 111 Å². The van der Waals surface area contributed by atoms with Gasteiger partial charge in [-0.25, -0.2) is 0 Å². The zero-order chi connectivity index (χ0) is 11.5. The molecule has 0 saturated heterocycles. The molecule has 2 heterocycles. The van der Waals surface area contributed by atoms with Gasteiger partial charge in [0, 0.05) is 25.3 Å². The number of carbonyl (C=O) groups is 1. The normalized spacial score (nSPS) is 18.8. The first kappa shape index (κ1) is 14.1. The fraction of sp³-hybridized carbons (Fsp3) is 0.455. The Balaban J connectivity index is 0.00000144. The van der Waals surface area contributed by atoms with Crippen LogP contribution in [0.2, 0.25) is 0 Å². The molecule has 1 aliphatic rings. The van der Waals surface area contributed by atoms with Crippen LogP contribution in [0.1, 0.15) is 16.8 Å². The summed E-state index contributed by atoms with van der Waals surface area (Å²) >= 11 is 5.70. The maximum absolute atomic E-state index is 12.0. The molecule has 0 fully saturated rings. The SMILES string of the molecule is CN1CC(CCCl)Oc2ccncc2C1=O.Cl. The van der Waals surface area contributed by atoms with Crippen LogP contribution in [0, 0.1) is 0 Å². The minimum absolute atomic E-state index is 0. The third kappa shape index (κ3) is 3.01. The molecule has 4 nitrogen and oxygen atoms in total. The van der Waals surface area contributed by atoms with Gasteiger partial charge in [0.1, 0.15) is 11.9 Å². The number of aromatic nitrogens is 1. The smallest absolute Gasteiger partial charge is 0.259 e. The number of hydrogen-bond acceptors (Lipinski definition) is 3. The van der Waals surface area contributed by atoms with E-state index < -0.39 is 0 Å². The molecule has 17 heavy (non-hydrogen) atoms. The van der Waals surface area contributed by atoms with E-state index in [1.807, 2.05) is 0 Å². The molecule has 1 aromatic heterocycles. The van der Waals surface area contributed by atoms with E-state index >= 15 is 0 Å². The fourth-order valence-corrected chi connectivity index (χ4v) is 1.97. The molecule has 1 aromatic rings. The number of ether oxygens (including phenoxy) is 1. The number of fused-ring (bicyclic) bond motifs is 1. The van der Waals surface area contributed by atoms with Crippen molar-refractivity contribution in [1.82, 2.24) is 9.88 Å². The highest BCUT2D eigenvalue weighted by Crippen LogP contribution is 2.24. The van der Waals surface area contributed by atoms with E-state index in [2.05, 4.69) is 4.98 Å². The van der Waals surface area contributed by atoms with Crippen molar-refractivity contribution in [3.8, 4) is 5.75 Å². The van der Waals surface area contributed by atoms with E-state index in [1.54, 1.807) is 24.2 Å². The molecule has 2 rings (SSSR count). The largest absolute Gasteiger partial charge is 0.488 e. The number of alkyl halides is 1. The van der Waals surface area contributed by atoms with Gasteiger partial charge in [0.05, 0.1) is 12.1 Å². The van der Waals surface area contributed by atoms with Gasteiger partial charge in [-0.1, -0.05) is 0 Å². The lowest BCUT2D eigenvalue weighted by Gasteiger charge is -2.19. The van der Waals surface area contributed by atoms with E-state index in [-0.39, 0.29) is 24.4 Å². The first-order chi connectivity index (χ1) is 7.72. The van der Waals surface area contributed by atoms with E-state index in [4.69, 9.17) is 16.3 Å². The number of carbonyl (C=O) groups excluding carboxylic acids is 1. The van der Waals surface area contributed by atoms with Crippen LogP contribution in [-0.2, 0) is 0 Å². The first-order valence-electron chi connectivity index (χ1n) is 5.14. The number of pyridine rings is 1. The molecule has 0 aromatic carbocycles. The monoisotopic (exact) mass is 276 g/mol. The number of likely N-dealkylation sites (N-methyl/N-ethyl adjacent to an activating group) is 1. The summed E-state index contributed by atoms with van der Waals surface area (Å²) in [5.41, 5.74) is 0.516. The highest BCUT2D eigenvalue weighted by Gasteiger charge is 2.26. The summed E-state index contributed by atoms with van der Waals surface area (Å²) < 4.78 is 5.75. The van der Waals surface area contributed by atoms with Gasteiger partial charge in [-0.05, 0) is 12.5 Å². The molecule has 0 saturated carbocycles. The fourth-order valence-electron chi connectivity index (χ4n) is 1.73. The van der Waals surface area contributed by atoms with Crippen LogP contribution in [0.25, 0.3) is 0 Å². The van der Waals surface area contributed by atoms with Crippen LogP contribution in [0.15, 0.2) is 18.5 Å². The molecular formula is C11H14Cl2N2O2. The van der Waals surface area contributed by atoms with Crippen molar-refractivity contribution in [2.75, 3.05) is 19.5 Å². The lowest BCUT2D eigenvalue weighted by Crippen LogP contribution is -2.34. The molecule has 0 spiro atoms. The van der Waals surface area contributed by atoms with Crippen LogP contribution >= 0.6 is 24.0 Å². The van der Waals surface area contributed by atoms with E-state index in [1.165, 1.54) is 6.20 Å². The maximum atomic E-state index is 12.0. The molecule has 0 aliphatic carbocycles. The van der Waals surface area contributed by atoms with Crippen molar-refractivity contribution in [2.45, 2.75) is 12.5 Å². The molecule has 0 N–H and O–H groups in total. The molecule has 0 bridgehead atoms. The summed E-state index contributed by atoms with van der Waals surface area (Å²) in [4.78, 5) is 17.5. The van der Waals surface area contributed by atoms with Crippen LogP contribution in [0.3, 0.4) is 0 Å². The summed E-state index contributed by atoms with van der Waals surface area (Å²) in [6.07, 6.45) is 3.84. The second-order valence-corrected chi connectivity index (χ2v) is 4.15. The Morgan fingerprint density at radius 1 is 1.65 bits per heavy atom. The van der Waals surface area contributed by atoms with Gasteiger partial charge in [0.15, 0.2) is 0 Å². The standard InChI is InChI=1S/C11H13ClN2O2.ClH/c1-14-7-8(2-4-12)16-10-3-5-13-6-9(10)11(14)15;/h3,5-6,8H,2,4,7H2,1H3;1H. The van der Waals surface area contributed by atoms with Gasteiger partial charge in [-0.3, -0.25) is 9.78 Å². The predicted molar refractivity (Wildman–Crippen MR) is 68.2 cm³/mol. The molecule has 1 amide bonds. The van der Waals surface area contributed by atoms with Gasteiger partial charge in [-0.2, -0.15) is 0 Å². The first-order valence-corrected chi connectivity index (χ1v) is 5.68. The third-order valence-corrected chi connectivity index (χ3v) is 2.78. The number of nitrogens with zero attached hydrogens (tertiary/aromatic N) is 2. The van der Waals surface area contributed by atoms with Gasteiger partial charge in [-0.15, -0.1) is 24.0 Å². The van der Waals surface area contributed by atoms with Gasteiger partial charge < -0.3 is 9.64 Å². The summed E-state index contributed by atoms with van der Waals surface area (Å²) in [6, 6.07) is 1.72. The molecule has 6 heteroatoms. The zero-order valence-electron chi connectivity index (χ0n) is 9.43.